The normalized spacial score (nSPS) is 12.2. The molecule has 2 rings (SSSR count). The van der Waals surface area contributed by atoms with Gasteiger partial charge in [-0.25, -0.2) is 0 Å². The molecule has 0 saturated heterocycles. The van der Waals surface area contributed by atoms with Crippen molar-refractivity contribution in [2.24, 2.45) is 5.73 Å². The molecule has 0 radical (unpaired) electrons. The third kappa shape index (κ3) is 2.53. The maximum absolute atomic E-state index is 6.26. The molecule has 0 amide bonds. The topological polar surface area (TPSA) is 44.5 Å². The van der Waals surface area contributed by atoms with E-state index in [0.29, 0.717) is 11.5 Å². The summed E-state index contributed by atoms with van der Waals surface area (Å²) in [5, 5.41) is 2.02. The molecule has 2 N–H and O–H groups in total. The maximum Gasteiger partial charge on any atom is 0.161 e. The minimum atomic E-state index is -0.167. The summed E-state index contributed by atoms with van der Waals surface area (Å²) in [6.45, 7) is 0. The van der Waals surface area contributed by atoms with Crippen molar-refractivity contribution in [2.45, 2.75) is 6.04 Å². The summed E-state index contributed by atoms with van der Waals surface area (Å²) in [6.07, 6.45) is 0. The van der Waals surface area contributed by atoms with Crippen LogP contribution in [0.4, 0.5) is 0 Å². The van der Waals surface area contributed by atoms with E-state index in [1.165, 1.54) is 0 Å². The van der Waals surface area contributed by atoms with E-state index in [1.807, 2.05) is 29.6 Å². The second kappa shape index (κ2) is 5.73. The third-order valence-electron chi connectivity index (χ3n) is 2.69. The average Bonchev–Trinajstić information content (AvgIpc) is 2.91. The van der Waals surface area contributed by atoms with Crippen molar-refractivity contribution >= 4 is 27.3 Å². The first-order valence-electron chi connectivity index (χ1n) is 5.37. The molecule has 0 aliphatic heterocycles. The Balaban J connectivity index is 2.45. The average molecular weight is 328 g/mol. The summed E-state index contributed by atoms with van der Waals surface area (Å²) in [5.41, 5.74) is 7.24. The van der Waals surface area contributed by atoms with Crippen LogP contribution in [0.25, 0.3) is 0 Å². The molecule has 1 aromatic heterocycles. The Morgan fingerprint density at radius 2 is 1.89 bits per heavy atom. The van der Waals surface area contributed by atoms with Crippen molar-refractivity contribution in [1.29, 1.82) is 0 Å². The van der Waals surface area contributed by atoms with E-state index in [-0.39, 0.29) is 6.04 Å². The molecule has 96 valence electrons. The van der Waals surface area contributed by atoms with Gasteiger partial charge in [-0.1, -0.05) is 22.0 Å². The number of hydrogen-bond acceptors (Lipinski definition) is 4. The summed E-state index contributed by atoms with van der Waals surface area (Å²) in [7, 11) is 3.23. The number of ether oxygens (including phenoxy) is 2. The number of hydrogen-bond donors (Lipinski definition) is 1. The van der Waals surface area contributed by atoms with Crippen molar-refractivity contribution < 1.29 is 9.47 Å². The maximum atomic E-state index is 6.26. The van der Waals surface area contributed by atoms with Crippen LogP contribution in [0.3, 0.4) is 0 Å². The minimum Gasteiger partial charge on any atom is -0.493 e. The minimum absolute atomic E-state index is 0.167. The monoisotopic (exact) mass is 327 g/mol. The van der Waals surface area contributed by atoms with Gasteiger partial charge in [0.15, 0.2) is 11.5 Å². The fourth-order valence-corrected chi connectivity index (χ4v) is 3.04. The smallest absolute Gasteiger partial charge is 0.161 e. The van der Waals surface area contributed by atoms with Crippen LogP contribution in [0, 0.1) is 0 Å². The van der Waals surface area contributed by atoms with Gasteiger partial charge in [0.1, 0.15) is 0 Å². The lowest BCUT2D eigenvalue weighted by Crippen LogP contribution is -2.11. The zero-order valence-electron chi connectivity index (χ0n) is 10.1. The lowest BCUT2D eigenvalue weighted by Gasteiger charge is -2.16. The van der Waals surface area contributed by atoms with E-state index in [9.17, 15) is 0 Å². The lowest BCUT2D eigenvalue weighted by atomic mass is 10.1. The van der Waals surface area contributed by atoms with Crippen LogP contribution in [0.15, 0.2) is 34.1 Å². The van der Waals surface area contributed by atoms with Crippen LogP contribution in [-0.4, -0.2) is 14.2 Å². The Hall–Kier alpha value is -1.04. The highest BCUT2D eigenvalue weighted by Crippen LogP contribution is 2.37. The molecule has 3 nitrogen and oxygen atoms in total. The number of halogens is 1. The van der Waals surface area contributed by atoms with Crippen molar-refractivity contribution in [3.63, 3.8) is 0 Å². The number of methoxy groups -OCH3 is 2. The third-order valence-corrected chi connectivity index (χ3v) is 4.33. The highest BCUT2D eigenvalue weighted by atomic mass is 79.9. The van der Waals surface area contributed by atoms with Gasteiger partial charge < -0.3 is 15.2 Å². The van der Waals surface area contributed by atoms with E-state index in [2.05, 4.69) is 15.9 Å². The molecule has 2 aromatic rings. The molecule has 0 aliphatic carbocycles. The van der Waals surface area contributed by atoms with Crippen molar-refractivity contribution in [2.75, 3.05) is 14.2 Å². The van der Waals surface area contributed by atoms with Gasteiger partial charge in [-0.3, -0.25) is 0 Å². The fraction of sp³-hybridized carbons (Fsp3) is 0.231. The highest BCUT2D eigenvalue weighted by molar-refractivity contribution is 9.10. The second-order valence-corrected chi connectivity index (χ2v) is 5.56. The van der Waals surface area contributed by atoms with Crippen molar-refractivity contribution in [3.8, 4) is 11.5 Å². The summed E-state index contributed by atoms with van der Waals surface area (Å²) in [6, 6.07) is 7.64. The molecule has 0 unspecified atom stereocenters. The predicted molar refractivity (Wildman–Crippen MR) is 77.6 cm³/mol. The Morgan fingerprint density at radius 3 is 2.44 bits per heavy atom. The quantitative estimate of drug-likeness (QED) is 0.933. The lowest BCUT2D eigenvalue weighted by molar-refractivity contribution is 0.354. The molecule has 1 atom stereocenters. The Kier molecular flexibility index (Phi) is 4.27. The first kappa shape index (κ1) is 13.4. The molecule has 18 heavy (non-hydrogen) atoms. The first-order valence-corrected chi connectivity index (χ1v) is 7.05. The van der Waals surface area contributed by atoms with Gasteiger partial charge in [-0.05, 0) is 29.1 Å². The number of thiophene rings is 1. The van der Waals surface area contributed by atoms with Gasteiger partial charge in [0, 0.05) is 9.35 Å². The van der Waals surface area contributed by atoms with Crippen LogP contribution < -0.4 is 15.2 Å². The molecule has 0 saturated carbocycles. The number of nitrogens with two attached hydrogens (primary N) is 1. The summed E-state index contributed by atoms with van der Waals surface area (Å²) in [5.74, 6) is 1.37. The van der Waals surface area contributed by atoms with Gasteiger partial charge in [-0.15, -0.1) is 11.3 Å². The van der Waals surface area contributed by atoms with E-state index in [1.54, 1.807) is 25.6 Å². The zero-order valence-corrected chi connectivity index (χ0v) is 12.5. The summed E-state index contributed by atoms with van der Waals surface area (Å²) < 4.78 is 11.5. The Morgan fingerprint density at radius 1 is 1.22 bits per heavy atom. The highest BCUT2D eigenvalue weighted by Gasteiger charge is 2.17. The van der Waals surface area contributed by atoms with E-state index >= 15 is 0 Å². The molecule has 1 aromatic carbocycles. The molecule has 0 aliphatic rings. The molecule has 0 bridgehead atoms. The van der Waals surface area contributed by atoms with Gasteiger partial charge in [0.25, 0.3) is 0 Å². The van der Waals surface area contributed by atoms with Gasteiger partial charge >= 0.3 is 0 Å². The van der Waals surface area contributed by atoms with Gasteiger partial charge in [0.2, 0.25) is 0 Å². The Labute approximate surface area is 119 Å². The van der Waals surface area contributed by atoms with E-state index in [0.717, 1.165) is 14.9 Å². The number of rotatable bonds is 4. The van der Waals surface area contributed by atoms with Gasteiger partial charge in [0.05, 0.1) is 20.3 Å². The second-order valence-electron chi connectivity index (χ2n) is 3.72. The first-order chi connectivity index (χ1) is 8.67. The molecule has 0 spiro atoms. The van der Waals surface area contributed by atoms with Crippen LogP contribution in [0.5, 0.6) is 11.5 Å². The fourth-order valence-electron chi connectivity index (χ4n) is 1.73. The Bertz CT molecular complexity index is 528. The summed E-state index contributed by atoms with van der Waals surface area (Å²) in [4.78, 5) is 1.11. The molecular formula is C13H14BrNO2S. The number of benzene rings is 1. The van der Waals surface area contributed by atoms with Crippen LogP contribution in [-0.2, 0) is 0 Å². The van der Waals surface area contributed by atoms with Crippen LogP contribution >= 0.6 is 27.3 Å². The van der Waals surface area contributed by atoms with Crippen molar-refractivity contribution in [1.82, 2.24) is 0 Å². The summed E-state index contributed by atoms with van der Waals surface area (Å²) >= 11 is 5.17. The van der Waals surface area contributed by atoms with Crippen molar-refractivity contribution in [3.05, 3.63) is 44.6 Å². The van der Waals surface area contributed by atoms with E-state index < -0.39 is 0 Å². The molecule has 0 fully saturated rings. The standard InChI is InChI=1S/C13H14BrNO2S/c1-16-10-6-8(9(14)7-11(10)17-2)13(15)12-4-3-5-18-12/h3-7,13H,15H2,1-2H3/t13-/m1/s1. The SMILES string of the molecule is COc1cc(Br)c([C@@H](N)c2cccs2)cc1OC. The molecule has 1 heterocycles. The zero-order chi connectivity index (χ0) is 13.1. The van der Waals surface area contributed by atoms with Crippen LogP contribution in [0.2, 0.25) is 0 Å². The molecular weight excluding hydrogens is 314 g/mol. The van der Waals surface area contributed by atoms with Gasteiger partial charge in [-0.2, -0.15) is 0 Å². The van der Waals surface area contributed by atoms with E-state index in [4.69, 9.17) is 15.2 Å². The van der Waals surface area contributed by atoms with Crippen LogP contribution in [0.1, 0.15) is 16.5 Å². The molecule has 5 heteroatoms. The predicted octanol–water partition coefficient (Wildman–Crippen LogP) is 3.58. The largest absolute Gasteiger partial charge is 0.493 e.